The number of hydrogen-bond donors (Lipinski definition) is 1. The van der Waals surface area contributed by atoms with Gasteiger partial charge in [-0.3, -0.25) is 19.1 Å². The number of ether oxygens (including phenoxy) is 2. The number of nitrogens with zero attached hydrogens (tertiary/aromatic N) is 2. The Bertz CT molecular complexity index is 879. The van der Waals surface area contributed by atoms with Crippen molar-refractivity contribution in [2.24, 2.45) is 0 Å². The first-order valence-electron chi connectivity index (χ1n) is 8.71. The average Bonchev–Trinajstić information content (AvgIpc) is 2.68. The summed E-state index contributed by atoms with van der Waals surface area (Å²) in [6, 6.07) is 10.7. The molecule has 27 heavy (non-hydrogen) atoms. The lowest BCUT2D eigenvalue weighted by atomic mass is 10.2. The number of benzene rings is 1. The number of rotatable bonds is 7. The standard InChI is InChI=1S/C19H21N3O5/c1-2-26-16(24)9-10-21-13-20-22-11-8-15(23)18(17(22)19(21)25)27-12-14-6-4-3-5-7-14/h3-8,11,20H,2,9-10,12-13H2,1H3. The molecule has 1 aromatic carbocycles. The van der Waals surface area contributed by atoms with Crippen LogP contribution in [-0.2, 0) is 16.1 Å². The van der Waals surface area contributed by atoms with Crippen LogP contribution in [0.5, 0.6) is 5.75 Å². The van der Waals surface area contributed by atoms with Gasteiger partial charge in [-0.25, -0.2) is 0 Å². The molecule has 0 radical (unpaired) electrons. The Balaban J connectivity index is 1.79. The molecular weight excluding hydrogens is 350 g/mol. The normalized spacial score (nSPS) is 12.9. The summed E-state index contributed by atoms with van der Waals surface area (Å²) in [6.07, 6.45) is 1.58. The highest BCUT2D eigenvalue weighted by molar-refractivity contribution is 5.96. The van der Waals surface area contributed by atoms with Gasteiger partial charge in [0, 0.05) is 18.8 Å². The molecule has 1 amide bonds. The lowest BCUT2D eigenvalue weighted by Gasteiger charge is -2.31. The summed E-state index contributed by atoms with van der Waals surface area (Å²) in [6.45, 7) is 2.59. The van der Waals surface area contributed by atoms with E-state index >= 15 is 0 Å². The summed E-state index contributed by atoms with van der Waals surface area (Å²) in [7, 11) is 0. The number of esters is 1. The van der Waals surface area contributed by atoms with E-state index in [9.17, 15) is 14.4 Å². The second-order valence-corrected chi connectivity index (χ2v) is 5.94. The zero-order valence-corrected chi connectivity index (χ0v) is 15.0. The Morgan fingerprint density at radius 2 is 1.96 bits per heavy atom. The highest BCUT2D eigenvalue weighted by Crippen LogP contribution is 2.19. The van der Waals surface area contributed by atoms with Gasteiger partial charge in [0.15, 0.2) is 11.4 Å². The van der Waals surface area contributed by atoms with Crippen molar-refractivity contribution in [3.05, 3.63) is 64.1 Å². The van der Waals surface area contributed by atoms with Gasteiger partial charge in [0.05, 0.1) is 13.0 Å². The molecule has 0 saturated carbocycles. The van der Waals surface area contributed by atoms with Crippen LogP contribution in [0, 0.1) is 0 Å². The molecular formula is C19H21N3O5. The van der Waals surface area contributed by atoms with Crippen LogP contribution in [0.15, 0.2) is 47.4 Å². The van der Waals surface area contributed by atoms with Gasteiger partial charge >= 0.3 is 5.97 Å². The van der Waals surface area contributed by atoms with Crippen LogP contribution in [-0.4, -0.2) is 41.3 Å². The second-order valence-electron chi connectivity index (χ2n) is 5.94. The van der Waals surface area contributed by atoms with Crippen molar-refractivity contribution < 1.29 is 19.1 Å². The predicted molar refractivity (Wildman–Crippen MR) is 98.0 cm³/mol. The number of aromatic nitrogens is 1. The molecule has 1 N–H and O–H groups in total. The minimum Gasteiger partial charge on any atom is -0.482 e. The Morgan fingerprint density at radius 1 is 1.19 bits per heavy atom. The largest absolute Gasteiger partial charge is 0.482 e. The molecule has 0 fully saturated rings. The minimum atomic E-state index is -0.376. The lowest BCUT2D eigenvalue weighted by Crippen LogP contribution is -2.47. The summed E-state index contributed by atoms with van der Waals surface area (Å²) in [5.74, 6) is -0.764. The van der Waals surface area contributed by atoms with Crippen LogP contribution in [0.4, 0.5) is 0 Å². The fourth-order valence-electron chi connectivity index (χ4n) is 2.74. The fraction of sp³-hybridized carbons (Fsp3) is 0.316. The second kappa shape index (κ2) is 8.39. The van der Waals surface area contributed by atoms with Gasteiger partial charge in [-0.05, 0) is 12.5 Å². The van der Waals surface area contributed by atoms with E-state index in [1.54, 1.807) is 6.92 Å². The molecule has 142 valence electrons. The number of carbonyl (C=O) groups is 2. The summed E-state index contributed by atoms with van der Waals surface area (Å²) >= 11 is 0. The first-order chi connectivity index (χ1) is 13.1. The van der Waals surface area contributed by atoms with Crippen molar-refractivity contribution in [2.75, 3.05) is 25.2 Å². The van der Waals surface area contributed by atoms with Crippen LogP contribution >= 0.6 is 0 Å². The molecule has 1 aliphatic heterocycles. The van der Waals surface area contributed by atoms with E-state index in [0.29, 0.717) is 6.61 Å². The molecule has 0 atom stereocenters. The van der Waals surface area contributed by atoms with Gasteiger partial charge in [0.2, 0.25) is 5.43 Å². The molecule has 2 aromatic rings. The molecule has 0 saturated heterocycles. The van der Waals surface area contributed by atoms with E-state index in [1.165, 1.54) is 21.8 Å². The third-order valence-electron chi connectivity index (χ3n) is 4.09. The van der Waals surface area contributed by atoms with Gasteiger partial charge in [-0.1, -0.05) is 30.3 Å². The number of hydrogen-bond acceptors (Lipinski definition) is 6. The number of amides is 1. The van der Waals surface area contributed by atoms with Crippen LogP contribution in [0.3, 0.4) is 0 Å². The summed E-state index contributed by atoms with van der Waals surface area (Å²) in [5, 5.41) is 0. The molecule has 1 aromatic heterocycles. The SMILES string of the molecule is CCOC(=O)CCN1CNn2ccc(=O)c(OCc3ccccc3)c2C1=O. The first-order valence-corrected chi connectivity index (χ1v) is 8.71. The fourth-order valence-corrected chi connectivity index (χ4v) is 2.74. The average molecular weight is 371 g/mol. The summed E-state index contributed by atoms with van der Waals surface area (Å²) in [5.41, 5.74) is 3.64. The van der Waals surface area contributed by atoms with Crippen molar-refractivity contribution in [3.8, 4) is 5.75 Å². The smallest absolute Gasteiger partial charge is 0.307 e. The minimum absolute atomic E-state index is 0.0142. The van der Waals surface area contributed by atoms with Crippen LogP contribution in [0.2, 0.25) is 0 Å². The number of fused-ring (bicyclic) bond motifs is 1. The Hall–Kier alpha value is -3.29. The van der Waals surface area contributed by atoms with E-state index in [1.807, 2.05) is 30.3 Å². The van der Waals surface area contributed by atoms with Crippen LogP contribution in [0.25, 0.3) is 0 Å². The molecule has 0 spiro atoms. The van der Waals surface area contributed by atoms with E-state index < -0.39 is 0 Å². The number of pyridine rings is 1. The molecule has 1 aliphatic rings. The highest BCUT2D eigenvalue weighted by Gasteiger charge is 2.29. The van der Waals surface area contributed by atoms with E-state index in [2.05, 4.69) is 5.43 Å². The Morgan fingerprint density at radius 3 is 2.70 bits per heavy atom. The van der Waals surface area contributed by atoms with Crippen molar-refractivity contribution in [2.45, 2.75) is 20.0 Å². The lowest BCUT2D eigenvalue weighted by molar-refractivity contribution is -0.143. The zero-order chi connectivity index (χ0) is 19.2. The van der Waals surface area contributed by atoms with Crippen molar-refractivity contribution in [1.82, 2.24) is 9.58 Å². The maximum absolute atomic E-state index is 12.9. The summed E-state index contributed by atoms with van der Waals surface area (Å²) in [4.78, 5) is 38.2. The highest BCUT2D eigenvalue weighted by atomic mass is 16.5. The van der Waals surface area contributed by atoms with E-state index in [0.717, 1.165) is 5.56 Å². The van der Waals surface area contributed by atoms with E-state index in [-0.39, 0.29) is 55.0 Å². The van der Waals surface area contributed by atoms with Crippen LogP contribution < -0.4 is 15.6 Å². The van der Waals surface area contributed by atoms with Gasteiger partial charge in [-0.2, -0.15) is 0 Å². The van der Waals surface area contributed by atoms with Crippen molar-refractivity contribution >= 4 is 11.9 Å². The maximum atomic E-state index is 12.9. The molecule has 8 nitrogen and oxygen atoms in total. The molecule has 2 heterocycles. The Labute approximate surface area is 156 Å². The molecule has 0 unspecified atom stereocenters. The molecule has 8 heteroatoms. The quantitative estimate of drug-likeness (QED) is 0.739. The predicted octanol–water partition coefficient (Wildman–Crippen LogP) is 1.34. The maximum Gasteiger partial charge on any atom is 0.307 e. The topological polar surface area (TPSA) is 89.9 Å². The monoisotopic (exact) mass is 371 g/mol. The van der Waals surface area contributed by atoms with Gasteiger partial charge < -0.3 is 19.8 Å². The Kier molecular flexibility index (Phi) is 5.75. The molecule has 0 aliphatic carbocycles. The summed E-state index contributed by atoms with van der Waals surface area (Å²) < 4.78 is 12.1. The van der Waals surface area contributed by atoms with Crippen LogP contribution in [0.1, 0.15) is 29.4 Å². The third kappa shape index (κ3) is 4.28. The molecule has 3 rings (SSSR count). The van der Waals surface area contributed by atoms with Crippen molar-refractivity contribution in [3.63, 3.8) is 0 Å². The van der Waals surface area contributed by atoms with Gasteiger partial charge in [0.1, 0.15) is 13.3 Å². The van der Waals surface area contributed by atoms with Crippen molar-refractivity contribution in [1.29, 1.82) is 0 Å². The molecule has 0 bridgehead atoms. The number of nitrogens with one attached hydrogen (secondary N) is 1. The van der Waals surface area contributed by atoms with Gasteiger partial charge in [-0.15, -0.1) is 0 Å². The zero-order valence-electron chi connectivity index (χ0n) is 15.0. The third-order valence-corrected chi connectivity index (χ3v) is 4.09. The van der Waals surface area contributed by atoms with Gasteiger partial charge in [0.25, 0.3) is 5.91 Å². The first kappa shape index (κ1) is 18.5. The number of carbonyl (C=O) groups excluding carboxylic acids is 2. The van der Waals surface area contributed by atoms with E-state index in [4.69, 9.17) is 9.47 Å².